The minimum absolute atomic E-state index is 0.0505. The van der Waals surface area contributed by atoms with Crippen LogP contribution in [0.4, 0.5) is 26.3 Å². The third kappa shape index (κ3) is 4.74. The molecule has 1 fully saturated rings. The van der Waals surface area contributed by atoms with E-state index in [1.54, 1.807) is 18.2 Å². The number of nitrogens with zero attached hydrogens (tertiary/aromatic N) is 2. The first-order valence-electron chi connectivity index (χ1n) is 10.2. The number of piperazine rings is 1. The van der Waals surface area contributed by atoms with E-state index in [4.69, 9.17) is 9.15 Å². The lowest BCUT2D eigenvalue weighted by molar-refractivity contribution is 0.0592. The average Bonchev–Trinajstić information content (AvgIpc) is 3.32. The summed E-state index contributed by atoms with van der Waals surface area (Å²) in [5.41, 5.74) is 0.562. The Kier molecular flexibility index (Phi) is 6.82. The van der Waals surface area contributed by atoms with Crippen LogP contribution in [0.3, 0.4) is 0 Å². The van der Waals surface area contributed by atoms with Gasteiger partial charge in [-0.25, -0.2) is 17.6 Å². The number of hydrogen-bond donors (Lipinski definition) is 0. The highest BCUT2D eigenvalue weighted by atomic mass is 19.2. The first-order chi connectivity index (χ1) is 16.3. The van der Waals surface area contributed by atoms with E-state index in [9.17, 15) is 31.1 Å². The van der Waals surface area contributed by atoms with Gasteiger partial charge in [0.1, 0.15) is 18.2 Å². The van der Waals surface area contributed by atoms with Gasteiger partial charge in [0, 0.05) is 38.3 Å². The summed E-state index contributed by atoms with van der Waals surface area (Å²) in [6.07, 6.45) is 0. The highest BCUT2D eigenvalue weighted by Gasteiger charge is 2.28. The Morgan fingerprint density at radius 3 is 2.09 bits per heavy atom. The first kappa shape index (κ1) is 23.7. The predicted octanol–water partition coefficient (Wildman–Crippen LogP) is 4.65. The zero-order valence-electron chi connectivity index (χ0n) is 17.6. The molecule has 4 rings (SSSR count). The van der Waals surface area contributed by atoms with Gasteiger partial charge in [-0.3, -0.25) is 9.69 Å². The topological polar surface area (TPSA) is 45.9 Å². The second-order valence-corrected chi connectivity index (χ2v) is 7.61. The molecule has 1 amide bonds. The smallest absolute Gasteiger partial charge is 0.289 e. The molecule has 0 atom stereocenters. The van der Waals surface area contributed by atoms with Crippen molar-refractivity contribution in [3.05, 3.63) is 88.4 Å². The molecule has 0 spiro atoms. The minimum atomic E-state index is -2.29. The van der Waals surface area contributed by atoms with Crippen LogP contribution in [-0.4, -0.2) is 41.9 Å². The van der Waals surface area contributed by atoms with Crippen LogP contribution in [0.2, 0.25) is 0 Å². The maximum atomic E-state index is 13.8. The standard InChI is InChI=1S/C23H18F6N2O3/c24-15-4-2-1-3-13(15)11-30-7-9-31(10-8-30)23(32)16-6-5-14(34-16)12-33-22-20(28)18(26)17(25)19(27)21(22)29/h1-6H,7-12H2. The van der Waals surface area contributed by atoms with Crippen LogP contribution < -0.4 is 4.74 Å². The molecule has 1 aromatic heterocycles. The largest absolute Gasteiger partial charge is 0.479 e. The van der Waals surface area contributed by atoms with Gasteiger partial charge in [0.05, 0.1) is 0 Å². The zero-order valence-corrected chi connectivity index (χ0v) is 17.6. The van der Waals surface area contributed by atoms with Gasteiger partial charge in [-0.2, -0.15) is 8.78 Å². The van der Waals surface area contributed by atoms with Gasteiger partial charge in [0.15, 0.2) is 11.5 Å². The molecule has 34 heavy (non-hydrogen) atoms. The number of hydrogen-bond acceptors (Lipinski definition) is 4. The number of amides is 1. The van der Waals surface area contributed by atoms with Crippen molar-refractivity contribution in [3.63, 3.8) is 0 Å². The monoisotopic (exact) mass is 484 g/mol. The number of halogens is 6. The van der Waals surface area contributed by atoms with Gasteiger partial charge in [-0.15, -0.1) is 0 Å². The van der Waals surface area contributed by atoms with Crippen LogP contribution in [0.1, 0.15) is 21.9 Å². The quantitative estimate of drug-likeness (QED) is 0.290. The van der Waals surface area contributed by atoms with Crippen molar-refractivity contribution in [3.8, 4) is 5.75 Å². The van der Waals surface area contributed by atoms with Gasteiger partial charge >= 0.3 is 0 Å². The molecule has 5 nitrogen and oxygen atoms in total. The molecule has 3 aromatic rings. The Hall–Kier alpha value is -3.47. The first-order valence-corrected chi connectivity index (χ1v) is 10.2. The summed E-state index contributed by atoms with van der Waals surface area (Å²) in [5.74, 6) is -13.0. The molecule has 0 N–H and O–H groups in total. The van der Waals surface area contributed by atoms with E-state index in [2.05, 4.69) is 0 Å². The van der Waals surface area contributed by atoms with Gasteiger partial charge < -0.3 is 14.1 Å². The van der Waals surface area contributed by atoms with Gasteiger partial charge in [-0.05, 0) is 18.2 Å². The van der Waals surface area contributed by atoms with Crippen LogP contribution in [-0.2, 0) is 13.2 Å². The SMILES string of the molecule is O=C(c1ccc(COc2c(F)c(F)c(F)c(F)c2F)o1)N1CCN(Cc2ccccc2F)CC1. The van der Waals surface area contributed by atoms with Crippen molar-refractivity contribution in [2.45, 2.75) is 13.2 Å². The zero-order chi connectivity index (χ0) is 24.4. The Bertz CT molecular complexity index is 1180. The Morgan fingerprint density at radius 1 is 0.824 bits per heavy atom. The molecule has 0 unspecified atom stereocenters. The third-order valence-corrected chi connectivity index (χ3v) is 5.41. The molecule has 2 aromatic carbocycles. The molecular weight excluding hydrogens is 466 g/mol. The van der Waals surface area contributed by atoms with E-state index in [-0.39, 0.29) is 17.3 Å². The molecule has 2 heterocycles. The fraction of sp³-hybridized carbons (Fsp3) is 0.261. The van der Waals surface area contributed by atoms with Crippen LogP contribution in [0.5, 0.6) is 5.75 Å². The normalized spacial score (nSPS) is 14.5. The van der Waals surface area contributed by atoms with Crippen LogP contribution in [0.15, 0.2) is 40.8 Å². The number of rotatable bonds is 6. The molecule has 180 valence electrons. The maximum absolute atomic E-state index is 13.8. The molecule has 0 aliphatic carbocycles. The third-order valence-electron chi connectivity index (χ3n) is 5.41. The lowest BCUT2D eigenvalue weighted by Crippen LogP contribution is -2.48. The fourth-order valence-electron chi connectivity index (χ4n) is 3.56. The molecule has 0 bridgehead atoms. The highest BCUT2D eigenvalue weighted by Crippen LogP contribution is 2.30. The Labute approximate surface area is 190 Å². The summed E-state index contributed by atoms with van der Waals surface area (Å²) in [4.78, 5) is 16.2. The molecule has 1 saturated heterocycles. The molecule has 0 saturated carbocycles. The van der Waals surface area contributed by atoms with E-state index in [0.29, 0.717) is 38.3 Å². The van der Waals surface area contributed by atoms with Crippen LogP contribution in [0.25, 0.3) is 0 Å². The number of ether oxygens (including phenoxy) is 1. The van der Waals surface area contributed by atoms with Gasteiger partial charge in [0.25, 0.3) is 5.91 Å². The second-order valence-electron chi connectivity index (χ2n) is 7.61. The maximum Gasteiger partial charge on any atom is 0.289 e. The number of carbonyl (C=O) groups excluding carboxylic acids is 1. The molecule has 0 radical (unpaired) electrons. The lowest BCUT2D eigenvalue weighted by atomic mass is 10.2. The molecule has 11 heteroatoms. The number of furan rings is 1. The van der Waals surface area contributed by atoms with E-state index in [0.717, 1.165) is 0 Å². The lowest BCUT2D eigenvalue weighted by Gasteiger charge is -2.34. The fourth-order valence-corrected chi connectivity index (χ4v) is 3.56. The van der Waals surface area contributed by atoms with E-state index in [1.165, 1.54) is 23.1 Å². The van der Waals surface area contributed by atoms with Crippen molar-refractivity contribution in [1.29, 1.82) is 0 Å². The summed E-state index contributed by atoms with van der Waals surface area (Å²) in [5, 5.41) is 0. The summed E-state index contributed by atoms with van der Waals surface area (Å²) in [7, 11) is 0. The van der Waals surface area contributed by atoms with Crippen molar-refractivity contribution >= 4 is 5.91 Å². The van der Waals surface area contributed by atoms with Crippen molar-refractivity contribution in [1.82, 2.24) is 9.80 Å². The van der Waals surface area contributed by atoms with Gasteiger partial charge in [0.2, 0.25) is 29.1 Å². The van der Waals surface area contributed by atoms with E-state index in [1.807, 2.05) is 4.90 Å². The summed E-state index contributed by atoms with van der Waals surface area (Å²) in [6, 6.07) is 9.08. The predicted molar refractivity (Wildman–Crippen MR) is 107 cm³/mol. The van der Waals surface area contributed by atoms with Gasteiger partial charge in [-0.1, -0.05) is 18.2 Å². The van der Waals surface area contributed by atoms with Crippen molar-refractivity contribution in [2.24, 2.45) is 0 Å². The van der Waals surface area contributed by atoms with Crippen molar-refractivity contribution < 1.29 is 40.3 Å². The second kappa shape index (κ2) is 9.80. The number of carbonyl (C=O) groups is 1. The van der Waals surface area contributed by atoms with E-state index < -0.39 is 47.3 Å². The summed E-state index contributed by atoms with van der Waals surface area (Å²) >= 11 is 0. The number of benzene rings is 2. The Balaban J connectivity index is 1.34. The van der Waals surface area contributed by atoms with E-state index >= 15 is 0 Å². The molecular formula is C23H18F6N2O3. The summed E-state index contributed by atoms with van der Waals surface area (Å²) in [6.45, 7) is 1.50. The van der Waals surface area contributed by atoms with Crippen LogP contribution in [0, 0.1) is 34.9 Å². The average molecular weight is 484 g/mol. The molecule has 1 aliphatic heterocycles. The van der Waals surface area contributed by atoms with Crippen molar-refractivity contribution in [2.75, 3.05) is 26.2 Å². The Morgan fingerprint density at radius 2 is 1.44 bits per heavy atom. The summed E-state index contributed by atoms with van der Waals surface area (Å²) < 4.78 is 91.0. The highest BCUT2D eigenvalue weighted by molar-refractivity contribution is 5.91. The minimum Gasteiger partial charge on any atom is -0.479 e. The van der Waals surface area contributed by atoms with Crippen LogP contribution >= 0.6 is 0 Å². The molecule has 1 aliphatic rings.